The van der Waals surface area contributed by atoms with Gasteiger partial charge in [-0.15, -0.1) is 0 Å². The van der Waals surface area contributed by atoms with Crippen molar-refractivity contribution in [2.75, 3.05) is 0 Å². The summed E-state index contributed by atoms with van der Waals surface area (Å²) in [5, 5.41) is 0. The van der Waals surface area contributed by atoms with Gasteiger partial charge in [-0.3, -0.25) is 14.8 Å². The molecule has 1 atom stereocenters. The minimum absolute atomic E-state index is 0.0733. The van der Waals surface area contributed by atoms with Crippen LogP contribution in [0.25, 0.3) is 0 Å². The molecule has 2 heterocycles. The van der Waals surface area contributed by atoms with Crippen molar-refractivity contribution in [3.8, 4) is 0 Å². The van der Waals surface area contributed by atoms with Gasteiger partial charge in [0.25, 0.3) is 0 Å². The van der Waals surface area contributed by atoms with Crippen molar-refractivity contribution in [2.24, 2.45) is 9.98 Å². The number of nitrogens with zero attached hydrogens (tertiary/aromatic N) is 2. The van der Waals surface area contributed by atoms with Gasteiger partial charge < -0.3 is 0 Å². The van der Waals surface area contributed by atoms with Gasteiger partial charge in [-0.2, -0.15) is 0 Å². The molecule has 0 radical (unpaired) electrons. The van der Waals surface area contributed by atoms with E-state index in [2.05, 4.69) is 9.98 Å². The number of halogens is 1. The second kappa shape index (κ2) is 3.73. The van der Waals surface area contributed by atoms with Crippen molar-refractivity contribution in [3.63, 3.8) is 0 Å². The maximum Gasteiger partial charge on any atom is 0.201 e. The fourth-order valence-corrected chi connectivity index (χ4v) is 2.06. The number of carbonyl (C=O) groups excluding carboxylic acids is 1. The molecule has 2 aliphatic rings. The van der Waals surface area contributed by atoms with E-state index in [9.17, 15) is 9.18 Å². The van der Waals surface area contributed by atoms with Crippen molar-refractivity contribution in [2.45, 2.75) is 12.5 Å². The van der Waals surface area contributed by atoms with E-state index in [0.29, 0.717) is 17.7 Å². The van der Waals surface area contributed by atoms with Crippen LogP contribution in [0, 0.1) is 5.82 Å². The van der Waals surface area contributed by atoms with Gasteiger partial charge in [0.1, 0.15) is 11.9 Å². The first-order chi connectivity index (χ1) is 8.25. The summed E-state index contributed by atoms with van der Waals surface area (Å²) in [7, 11) is 0. The zero-order valence-electron chi connectivity index (χ0n) is 8.93. The first-order valence-electron chi connectivity index (χ1n) is 5.34. The minimum Gasteiger partial charge on any atom is -0.288 e. The van der Waals surface area contributed by atoms with Crippen LogP contribution >= 0.6 is 0 Å². The van der Waals surface area contributed by atoms with Gasteiger partial charge in [-0.05, 0) is 17.7 Å². The Bertz CT molecular complexity index is 570. The van der Waals surface area contributed by atoms with Gasteiger partial charge >= 0.3 is 0 Å². The van der Waals surface area contributed by atoms with Crippen molar-refractivity contribution >= 4 is 18.2 Å². The van der Waals surface area contributed by atoms with Crippen LogP contribution in [0.15, 0.2) is 45.5 Å². The van der Waals surface area contributed by atoms with Crippen molar-refractivity contribution in [3.05, 3.63) is 46.9 Å². The first-order valence-corrected chi connectivity index (χ1v) is 5.34. The van der Waals surface area contributed by atoms with E-state index in [1.807, 2.05) is 0 Å². The molecule has 1 aromatic carbocycles. The third-order valence-corrected chi connectivity index (χ3v) is 2.92. The number of aliphatic imine (C=N–C) groups is 2. The maximum absolute atomic E-state index is 12.8. The number of hydrogen-bond acceptors (Lipinski definition) is 3. The molecule has 0 saturated carbocycles. The summed E-state index contributed by atoms with van der Waals surface area (Å²) in [6, 6.07) is 5.85. The van der Waals surface area contributed by atoms with E-state index in [-0.39, 0.29) is 17.6 Å². The molecule has 3 nitrogen and oxygen atoms in total. The third kappa shape index (κ3) is 1.62. The molecule has 84 valence electrons. The second-order valence-corrected chi connectivity index (χ2v) is 3.98. The number of Topliss-reactive ketones (excluding diaryl/α,β-unsaturated/α-hetero) is 1. The Kier molecular flexibility index (Phi) is 2.21. The molecule has 0 amide bonds. The molecule has 3 rings (SSSR count). The molecule has 0 aromatic heterocycles. The van der Waals surface area contributed by atoms with E-state index in [4.69, 9.17) is 0 Å². The molecule has 0 fully saturated rings. The van der Waals surface area contributed by atoms with Gasteiger partial charge in [0.2, 0.25) is 5.78 Å². The summed E-state index contributed by atoms with van der Waals surface area (Å²) in [6.07, 6.45) is 3.62. The van der Waals surface area contributed by atoms with E-state index >= 15 is 0 Å². The molecule has 2 aliphatic heterocycles. The Morgan fingerprint density at radius 3 is 2.76 bits per heavy atom. The van der Waals surface area contributed by atoms with Gasteiger partial charge in [0, 0.05) is 18.2 Å². The molecule has 4 heteroatoms. The van der Waals surface area contributed by atoms with Crippen LogP contribution in [0.1, 0.15) is 18.0 Å². The van der Waals surface area contributed by atoms with E-state index in [0.717, 1.165) is 5.56 Å². The van der Waals surface area contributed by atoms with Crippen LogP contribution in [0.4, 0.5) is 4.39 Å². The molecule has 17 heavy (non-hydrogen) atoms. The highest BCUT2D eigenvalue weighted by Gasteiger charge is 2.28. The Hall–Kier alpha value is -2.10. The highest BCUT2D eigenvalue weighted by atomic mass is 19.1. The summed E-state index contributed by atoms with van der Waals surface area (Å²) < 4.78 is 12.8. The topological polar surface area (TPSA) is 41.8 Å². The number of dihydropyridines is 1. The molecular formula is C13H9FN2O. The SMILES string of the molecule is O=C1C=NC(c2ccc(F)cc2)C2=C1CC=N2. The lowest BCUT2D eigenvalue weighted by atomic mass is 9.96. The van der Waals surface area contributed by atoms with E-state index in [1.54, 1.807) is 18.3 Å². The zero-order valence-corrected chi connectivity index (χ0v) is 8.93. The van der Waals surface area contributed by atoms with Crippen molar-refractivity contribution < 1.29 is 9.18 Å². The molecule has 1 unspecified atom stereocenters. The fraction of sp³-hybridized carbons (Fsp3) is 0.154. The van der Waals surface area contributed by atoms with Gasteiger partial charge in [0.15, 0.2) is 0 Å². The molecule has 1 aromatic rings. The molecular weight excluding hydrogens is 219 g/mol. The summed E-state index contributed by atoms with van der Waals surface area (Å²) in [5.41, 5.74) is 2.25. The summed E-state index contributed by atoms with van der Waals surface area (Å²) in [5.74, 6) is -0.357. The fourth-order valence-electron chi connectivity index (χ4n) is 2.06. The molecule has 0 N–H and O–H groups in total. The molecule has 0 saturated heterocycles. The van der Waals surface area contributed by atoms with Crippen LogP contribution in [0.2, 0.25) is 0 Å². The lowest BCUT2D eigenvalue weighted by Gasteiger charge is -2.17. The number of ketones is 1. The largest absolute Gasteiger partial charge is 0.288 e. The third-order valence-electron chi connectivity index (χ3n) is 2.92. The Morgan fingerprint density at radius 1 is 1.24 bits per heavy atom. The van der Waals surface area contributed by atoms with E-state index < -0.39 is 0 Å². The zero-order chi connectivity index (χ0) is 11.8. The summed E-state index contributed by atoms with van der Waals surface area (Å²) in [4.78, 5) is 20.0. The Balaban J connectivity index is 2.04. The van der Waals surface area contributed by atoms with Crippen LogP contribution in [0.5, 0.6) is 0 Å². The monoisotopic (exact) mass is 228 g/mol. The minimum atomic E-state index is -0.284. The van der Waals surface area contributed by atoms with Crippen LogP contribution in [0.3, 0.4) is 0 Å². The number of benzene rings is 1. The van der Waals surface area contributed by atoms with Gasteiger partial charge in [-0.1, -0.05) is 12.1 Å². The quantitative estimate of drug-likeness (QED) is 0.726. The Morgan fingerprint density at radius 2 is 2.00 bits per heavy atom. The van der Waals surface area contributed by atoms with Crippen LogP contribution in [-0.4, -0.2) is 18.2 Å². The number of rotatable bonds is 1. The smallest absolute Gasteiger partial charge is 0.201 e. The second-order valence-electron chi connectivity index (χ2n) is 3.98. The standard InChI is InChI=1S/C13H9FN2O/c14-9-3-1-8(2-4-9)12-13-10(5-6-15-13)11(17)7-16-12/h1-4,6-7,12H,5H2. The Labute approximate surface area is 97.4 Å². The molecule has 0 aliphatic carbocycles. The van der Waals surface area contributed by atoms with Gasteiger partial charge in [0.05, 0.1) is 11.9 Å². The van der Waals surface area contributed by atoms with Crippen molar-refractivity contribution in [1.29, 1.82) is 0 Å². The molecule has 0 bridgehead atoms. The normalized spacial score (nSPS) is 22.2. The maximum atomic E-state index is 12.8. The predicted molar refractivity (Wildman–Crippen MR) is 62.8 cm³/mol. The predicted octanol–water partition coefficient (Wildman–Crippen LogP) is 2.25. The number of hydrogen-bond donors (Lipinski definition) is 0. The number of carbonyl (C=O) groups is 1. The highest BCUT2D eigenvalue weighted by Crippen LogP contribution is 2.35. The average Bonchev–Trinajstić information content (AvgIpc) is 2.81. The molecule has 0 spiro atoms. The summed E-state index contributed by atoms with van der Waals surface area (Å²) in [6.45, 7) is 0. The van der Waals surface area contributed by atoms with Crippen molar-refractivity contribution in [1.82, 2.24) is 0 Å². The van der Waals surface area contributed by atoms with E-state index in [1.165, 1.54) is 18.3 Å². The lowest BCUT2D eigenvalue weighted by molar-refractivity contribution is -0.109. The average molecular weight is 228 g/mol. The van der Waals surface area contributed by atoms with Crippen LogP contribution < -0.4 is 0 Å². The highest BCUT2D eigenvalue weighted by molar-refractivity contribution is 6.37. The van der Waals surface area contributed by atoms with Gasteiger partial charge in [-0.25, -0.2) is 4.39 Å². The lowest BCUT2D eigenvalue weighted by Crippen LogP contribution is -2.14. The van der Waals surface area contributed by atoms with Crippen LogP contribution in [-0.2, 0) is 4.79 Å². The summed E-state index contributed by atoms with van der Waals surface area (Å²) >= 11 is 0. The first kappa shape index (κ1) is 10.1. The number of allylic oxidation sites excluding steroid dienone is 1.